The van der Waals surface area contributed by atoms with E-state index in [9.17, 15) is 14.4 Å². The van der Waals surface area contributed by atoms with Gasteiger partial charge < -0.3 is 14.2 Å². The maximum Gasteiger partial charge on any atom is 0.306 e. The van der Waals surface area contributed by atoms with Crippen LogP contribution in [-0.4, -0.2) is 37.2 Å². The van der Waals surface area contributed by atoms with E-state index in [1.807, 2.05) is 48.6 Å². The fraction of sp³-hybridized carbons (Fsp3) is 0.712. The molecule has 6 nitrogen and oxygen atoms in total. The maximum atomic E-state index is 12.7. The zero-order valence-corrected chi connectivity index (χ0v) is 37.8. The highest BCUT2D eigenvalue weighted by molar-refractivity contribution is 5.71. The summed E-state index contributed by atoms with van der Waals surface area (Å²) in [6.45, 7) is 6.42. The van der Waals surface area contributed by atoms with Gasteiger partial charge in [0.1, 0.15) is 13.2 Å². The van der Waals surface area contributed by atoms with Gasteiger partial charge in [0.15, 0.2) is 6.10 Å². The second kappa shape index (κ2) is 46.5. The lowest BCUT2D eigenvalue weighted by Crippen LogP contribution is -2.30. The topological polar surface area (TPSA) is 78.9 Å². The summed E-state index contributed by atoms with van der Waals surface area (Å²) in [5.41, 5.74) is 0. The molecule has 0 heterocycles. The molecule has 0 aliphatic rings. The molecule has 0 saturated carbocycles. The van der Waals surface area contributed by atoms with Crippen molar-refractivity contribution in [2.24, 2.45) is 0 Å². The van der Waals surface area contributed by atoms with Crippen molar-refractivity contribution in [3.05, 3.63) is 72.9 Å². The first-order valence-corrected chi connectivity index (χ1v) is 24.0. The standard InChI is InChI=1S/C52H88O6/c1-4-7-10-13-16-19-21-23-25-27-28-30-33-36-39-42-45-51(54)57-48-49(47-56-50(53)44-41-38-35-32-18-15-12-9-6-3)58-52(55)46-43-40-37-34-31-29-26-24-22-20-17-14-11-8-5-2/h8,11,14,17,20,22,24-27,29,31,49H,4-7,9-10,12-13,15-16,18-19,21,23,28,30,32-48H2,1-3H3/b11-8-,17-14-,22-20-,26-24-,27-25-,31-29-. The summed E-state index contributed by atoms with van der Waals surface area (Å²) in [6, 6.07) is 0. The summed E-state index contributed by atoms with van der Waals surface area (Å²) in [6.07, 6.45) is 57.4. The molecular formula is C52H88O6. The third-order valence-electron chi connectivity index (χ3n) is 10.1. The second-order valence-electron chi connectivity index (χ2n) is 15.8. The fourth-order valence-electron chi connectivity index (χ4n) is 6.46. The molecule has 6 heteroatoms. The number of unbranched alkanes of at least 4 members (excludes halogenated alkanes) is 23. The molecule has 0 radical (unpaired) electrons. The molecule has 0 aliphatic carbocycles. The first kappa shape index (κ1) is 54.9. The monoisotopic (exact) mass is 809 g/mol. The third-order valence-corrected chi connectivity index (χ3v) is 10.1. The molecule has 0 spiro atoms. The van der Waals surface area contributed by atoms with Gasteiger partial charge in [-0.1, -0.05) is 209 Å². The number of carbonyl (C=O) groups is 3. The Morgan fingerprint density at radius 1 is 0.362 bits per heavy atom. The van der Waals surface area contributed by atoms with E-state index in [1.54, 1.807) is 0 Å². The largest absolute Gasteiger partial charge is 0.462 e. The summed E-state index contributed by atoms with van der Waals surface area (Å²) >= 11 is 0. The molecule has 0 fully saturated rings. The van der Waals surface area contributed by atoms with Crippen LogP contribution in [0.1, 0.15) is 220 Å². The van der Waals surface area contributed by atoms with Crippen molar-refractivity contribution in [3.63, 3.8) is 0 Å². The van der Waals surface area contributed by atoms with Crippen LogP contribution in [0, 0.1) is 0 Å². The van der Waals surface area contributed by atoms with E-state index < -0.39 is 6.10 Å². The zero-order chi connectivity index (χ0) is 42.3. The minimum Gasteiger partial charge on any atom is -0.462 e. The number of rotatable bonds is 42. The third kappa shape index (κ3) is 44.0. The van der Waals surface area contributed by atoms with Gasteiger partial charge in [-0.25, -0.2) is 0 Å². The molecule has 0 N–H and O–H groups in total. The second-order valence-corrected chi connectivity index (χ2v) is 15.8. The molecule has 0 bridgehead atoms. The van der Waals surface area contributed by atoms with Crippen molar-refractivity contribution >= 4 is 17.9 Å². The highest BCUT2D eigenvalue weighted by atomic mass is 16.6. The normalized spacial score (nSPS) is 12.7. The molecule has 0 rings (SSSR count). The van der Waals surface area contributed by atoms with Gasteiger partial charge in [0.05, 0.1) is 0 Å². The predicted octanol–water partition coefficient (Wildman–Crippen LogP) is 15.5. The summed E-state index contributed by atoms with van der Waals surface area (Å²) in [5, 5.41) is 0. The number of esters is 3. The molecule has 0 amide bonds. The van der Waals surface area contributed by atoms with Gasteiger partial charge in [-0.15, -0.1) is 0 Å². The van der Waals surface area contributed by atoms with Gasteiger partial charge in [0, 0.05) is 19.3 Å². The average molecular weight is 809 g/mol. The van der Waals surface area contributed by atoms with Crippen LogP contribution in [0.3, 0.4) is 0 Å². The minimum atomic E-state index is -0.797. The smallest absolute Gasteiger partial charge is 0.306 e. The predicted molar refractivity (Wildman–Crippen MR) is 247 cm³/mol. The van der Waals surface area contributed by atoms with E-state index in [1.165, 1.54) is 103 Å². The Morgan fingerprint density at radius 2 is 0.690 bits per heavy atom. The van der Waals surface area contributed by atoms with Crippen molar-refractivity contribution in [1.29, 1.82) is 0 Å². The first-order chi connectivity index (χ1) is 28.5. The average Bonchev–Trinajstić information content (AvgIpc) is 3.22. The van der Waals surface area contributed by atoms with Gasteiger partial charge in [0.2, 0.25) is 0 Å². The molecule has 1 unspecified atom stereocenters. The molecule has 332 valence electrons. The molecule has 0 aromatic rings. The number of ether oxygens (including phenoxy) is 3. The van der Waals surface area contributed by atoms with Crippen LogP contribution >= 0.6 is 0 Å². The minimum absolute atomic E-state index is 0.0948. The lowest BCUT2D eigenvalue weighted by molar-refractivity contribution is -0.167. The van der Waals surface area contributed by atoms with E-state index in [-0.39, 0.29) is 37.5 Å². The van der Waals surface area contributed by atoms with Gasteiger partial charge >= 0.3 is 17.9 Å². The summed E-state index contributed by atoms with van der Waals surface area (Å²) in [5.74, 6) is -0.950. The van der Waals surface area contributed by atoms with E-state index in [4.69, 9.17) is 14.2 Å². The van der Waals surface area contributed by atoms with Crippen molar-refractivity contribution < 1.29 is 28.6 Å². The Balaban J connectivity index is 4.44. The summed E-state index contributed by atoms with van der Waals surface area (Å²) in [4.78, 5) is 37.8. The van der Waals surface area contributed by atoms with Crippen LogP contribution in [0.4, 0.5) is 0 Å². The summed E-state index contributed by atoms with van der Waals surface area (Å²) in [7, 11) is 0. The Bertz CT molecular complexity index is 1110. The van der Waals surface area contributed by atoms with Crippen LogP contribution in [0.2, 0.25) is 0 Å². The van der Waals surface area contributed by atoms with Crippen molar-refractivity contribution in [2.45, 2.75) is 226 Å². The Kier molecular flexibility index (Phi) is 44.0. The van der Waals surface area contributed by atoms with Gasteiger partial charge in [0.25, 0.3) is 0 Å². The Morgan fingerprint density at radius 3 is 1.12 bits per heavy atom. The van der Waals surface area contributed by atoms with Crippen LogP contribution in [-0.2, 0) is 28.6 Å². The van der Waals surface area contributed by atoms with Crippen LogP contribution in [0.5, 0.6) is 0 Å². The maximum absolute atomic E-state index is 12.7. The molecule has 58 heavy (non-hydrogen) atoms. The highest BCUT2D eigenvalue weighted by Crippen LogP contribution is 2.14. The molecule has 1 atom stereocenters. The Hall–Kier alpha value is -3.15. The molecule has 0 saturated heterocycles. The van der Waals surface area contributed by atoms with Gasteiger partial charge in [-0.2, -0.15) is 0 Å². The quantitative estimate of drug-likeness (QED) is 0.0201. The van der Waals surface area contributed by atoms with Crippen molar-refractivity contribution in [2.75, 3.05) is 13.2 Å². The van der Waals surface area contributed by atoms with Crippen molar-refractivity contribution in [3.8, 4) is 0 Å². The van der Waals surface area contributed by atoms with Gasteiger partial charge in [-0.05, 0) is 64.2 Å². The SMILES string of the molecule is CC\C=C/C=C\C=C/C=C\C=C/CCCCCC(=O)OC(COC(=O)CCCCCCC/C=C\CCCCCCCCC)COC(=O)CCCCCCCCCCC. The van der Waals surface area contributed by atoms with Crippen LogP contribution < -0.4 is 0 Å². The lowest BCUT2D eigenvalue weighted by atomic mass is 10.1. The van der Waals surface area contributed by atoms with E-state index in [2.05, 4.69) is 45.1 Å². The van der Waals surface area contributed by atoms with E-state index in [0.717, 1.165) is 70.6 Å². The number of carbonyl (C=O) groups excluding carboxylic acids is 3. The number of hydrogen-bond donors (Lipinski definition) is 0. The summed E-state index contributed by atoms with van der Waals surface area (Å²) < 4.78 is 16.7. The van der Waals surface area contributed by atoms with E-state index in [0.29, 0.717) is 19.3 Å². The van der Waals surface area contributed by atoms with Crippen LogP contribution in [0.25, 0.3) is 0 Å². The zero-order valence-electron chi connectivity index (χ0n) is 37.8. The highest BCUT2D eigenvalue weighted by Gasteiger charge is 2.19. The molecule has 0 aromatic heterocycles. The Labute approximate surface area is 357 Å². The number of allylic oxidation sites excluding steroid dienone is 12. The van der Waals surface area contributed by atoms with Crippen molar-refractivity contribution in [1.82, 2.24) is 0 Å². The molecular weight excluding hydrogens is 721 g/mol. The molecule has 0 aromatic carbocycles. The van der Waals surface area contributed by atoms with E-state index >= 15 is 0 Å². The van der Waals surface area contributed by atoms with Crippen LogP contribution in [0.15, 0.2) is 72.9 Å². The molecule has 0 aliphatic heterocycles. The fourth-order valence-corrected chi connectivity index (χ4v) is 6.46. The van der Waals surface area contributed by atoms with Gasteiger partial charge in [-0.3, -0.25) is 14.4 Å². The first-order valence-electron chi connectivity index (χ1n) is 24.0. The lowest BCUT2D eigenvalue weighted by Gasteiger charge is -2.18. The number of hydrogen-bond acceptors (Lipinski definition) is 6.